The molecule has 0 aromatic carbocycles. The van der Waals surface area contributed by atoms with Crippen LogP contribution in [0, 0.1) is 5.92 Å². The van der Waals surface area contributed by atoms with Crippen LogP contribution < -0.4 is 0 Å². The zero-order valence-electron chi connectivity index (χ0n) is 8.62. The van der Waals surface area contributed by atoms with Gasteiger partial charge in [-0.15, -0.1) is 0 Å². The normalized spacial score (nSPS) is 23.9. The Kier molecular flexibility index (Phi) is 3.90. The fraction of sp³-hybridized carbons (Fsp3) is 0.889. The third kappa shape index (κ3) is 3.10. The van der Waals surface area contributed by atoms with E-state index in [9.17, 15) is 4.79 Å². The number of hydrogen-bond acceptors (Lipinski definition) is 2. The molecule has 0 radical (unpaired) electrons. The molecule has 1 saturated heterocycles. The van der Waals surface area contributed by atoms with Crippen molar-refractivity contribution in [2.75, 3.05) is 38.7 Å². The van der Waals surface area contributed by atoms with E-state index in [4.69, 9.17) is 0 Å². The Bertz CT molecular complexity index is 184. The van der Waals surface area contributed by atoms with Gasteiger partial charge in [0.1, 0.15) is 0 Å². The largest absolute Gasteiger partial charge is 0.331 e. The Hall–Kier alpha value is -0.380. The minimum absolute atomic E-state index is 0.148. The molecule has 2 amide bonds. The number of amides is 2. The van der Waals surface area contributed by atoms with Crippen molar-refractivity contribution in [3.05, 3.63) is 0 Å². The average molecular weight is 202 g/mol. The maximum absolute atomic E-state index is 11.6. The van der Waals surface area contributed by atoms with E-state index in [0.29, 0.717) is 5.92 Å². The second-order valence-corrected chi connectivity index (χ2v) is 4.95. The summed E-state index contributed by atoms with van der Waals surface area (Å²) in [6.07, 6.45) is 0. The summed E-state index contributed by atoms with van der Waals surface area (Å²) in [5.74, 6) is 2.87. The van der Waals surface area contributed by atoms with Gasteiger partial charge in [-0.25, -0.2) is 4.79 Å². The molecule has 4 heteroatoms. The van der Waals surface area contributed by atoms with Gasteiger partial charge in [0.15, 0.2) is 0 Å². The van der Waals surface area contributed by atoms with Crippen LogP contribution in [0.4, 0.5) is 4.79 Å². The predicted octanol–water partition coefficient (Wildman–Crippen LogP) is 1.35. The van der Waals surface area contributed by atoms with E-state index in [0.717, 1.165) is 18.8 Å². The quantitative estimate of drug-likeness (QED) is 0.592. The topological polar surface area (TPSA) is 23.6 Å². The third-order valence-electron chi connectivity index (χ3n) is 2.09. The summed E-state index contributed by atoms with van der Waals surface area (Å²) in [5, 5.41) is 0. The van der Waals surface area contributed by atoms with Crippen LogP contribution in [0.1, 0.15) is 6.92 Å². The first-order valence-electron chi connectivity index (χ1n) is 4.65. The smallest absolute Gasteiger partial charge is 0.319 e. The molecule has 1 rings (SSSR count). The lowest BCUT2D eigenvalue weighted by Crippen LogP contribution is -2.41. The highest BCUT2D eigenvalue weighted by molar-refractivity contribution is 7.99. The molecule has 13 heavy (non-hydrogen) atoms. The van der Waals surface area contributed by atoms with Gasteiger partial charge < -0.3 is 9.80 Å². The molecule has 0 saturated carbocycles. The van der Waals surface area contributed by atoms with Crippen molar-refractivity contribution < 1.29 is 4.79 Å². The molecule has 0 aliphatic carbocycles. The highest BCUT2D eigenvalue weighted by Gasteiger charge is 2.20. The Labute approximate surface area is 84.5 Å². The van der Waals surface area contributed by atoms with Crippen molar-refractivity contribution in [3.63, 3.8) is 0 Å². The molecule has 0 aromatic heterocycles. The summed E-state index contributed by atoms with van der Waals surface area (Å²) in [7, 11) is 3.62. The van der Waals surface area contributed by atoms with Crippen LogP contribution in [-0.2, 0) is 0 Å². The van der Waals surface area contributed by atoms with Gasteiger partial charge in [0.2, 0.25) is 0 Å². The third-order valence-corrected chi connectivity index (χ3v) is 3.37. The Morgan fingerprint density at radius 1 is 1.54 bits per heavy atom. The SMILES string of the molecule is CC1CSCCN(C(=O)N(C)C)C1. The van der Waals surface area contributed by atoms with E-state index in [1.54, 1.807) is 4.90 Å². The Balaban J connectivity index is 2.52. The maximum Gasteiger partial charge on any atom is 0.319 e. The first-order chi connectivity index (χ1) is 6.11. The molecule has 1 fully saturated rings. The highest BCUT2D eigenvalue weighted by Crippen LogP contribution is 2.15. The van der Waals surface area contributed by atoms with Crippen LogP contribution in [0.2, 0.25) is 0 Å². The summed E-state index contributed by atoms with van der Waals surface area (Å²) in [6, 6.07) is 0.148. The zero-order valence-corrected chi connectivity index (χ0v) is 9.43. The van der Waals surface area contributed by atoms with Crippen LogP contribution in [0.25, 0.3) is 0 Å². The van der Waals surface area contributed by atoms with E-state index in [2.05, 4.69) is 6.92 Å². The summed E-state index contributed by atoms with van der Waals surface area (Å²) in [6.45, 7) is 4.00. The number of carbonyl (C=O) groups excluding carboxylic acids is 1. The van der Waals surface area contributed by atoms with Gasteiger partial charge in [0, 0.05) is 32.9 Å². The van der Waals surface area contributed by atoms with Gasteiger partial charge in [-0.05, 0) is 11.7 Å². The van der Waals surface area contributed by atoms with Crippen molar-refractivity contribution in [3.8, 4) is 0 Å². The molecule has 0 spiro atoms. The van der Waals surface area contributed by atoms with Crippen molar-refractivity contribution in [2.24, 2.45) is 5.92 Å². The fourth-order valence-corrected chi connectivity index (χ4v) is 2.46. The molecule has 1 heterocycles. The van der Waals surface area contributed by atoms with Gasteiger partial charge in [-0.3, -0.25) is 0 Å². The van der Waals surface area contributed by atoms with Gasteiger partial charge in [-0.1, -0.05) is 6.92 Å². The molecule has 1 aliphatic rings. The number of thioether (sulfide) groups is 1. The van der Waals surface area contributed by atoms with Crippen LogP contribution in [0.5, 0.6) is 0 Å². The Morgan fingerprint density at radius 2 is 2.23 bits per heavy atom. The average Bonchev–Trinajstić information content (AvgIpc) is 2.28. The number of rotatable bonds is 0. The molecule has 0 aromatic rings. The fourth-order valence-electron chi connectivity index (χ4n) is 1.44. The maximum atomic E-state index is 11.6. The lowest BCUT2D eigenvalue weighted by atomic mass is 10.2. The van der Waals surface area contributed by atoms with Gasteiger partial charge in [0.05, 0.1) is 0 Å². The van der Waals surface area contributed by atoms with Crippen LogP contribution >= 0.6 is 11.8 Å². The summed E-state index contributed by atoms with van der Waals surface area (Å²) >= 11 is 1.94. The molecule has 0 bridgehead atoms. The number of hydrogen-bond donors (Lipinski definition) is 0. The lowest BCUT2D eigenvalue weighted by Gasteiger charge is -2.25. The summed E-state index contributed by atoms with van der Waals surface area (Å²) in [4.78, 5) is 15.2. The summed E-state index contributed by atoms with van der Waals surface area (Å²) in [5.41, 5.74) is 0. The van der Waals surface area contributed by atoms with E-state index in [1.165, 1.54) is 5.75 Å². The van der Waals surface area contributed by atoms with Gasteiger partial charge in [0.25, 0.3) is 0 Å². The molecule has 1 atom stereocenters. The minimum atomic E-state index is 0.148. The van der Waals surface area contributed by atoms with E-state index in [-0.39, 0.29) is 6.03 Å². The first-order valence-corrected chi connectivity index (χ1v) is 5.80. The van der Waals surface area contributed by atoms with Crippen LogP contribution in [0.15, 0.2) is 0 Å². The molecular formula is C9H18N2OS. The number of urea groups is 1. The lowest BCUT2D eigenvalue weighted by molar-refractivity contribution is 0.169. The molecule has 1 unspecified atom stereocenters. The molecule has 76 valence electrons. The zero-order chi connectivity index (χ0) is 9.84. The molecular weight excluding hydrogens is 184 g/mol. The molecule has 1 aliphatic heterocycles. The highest BCUT2D eigenvalue weighted by atomic mass is 32.2. The van der Waals surface area contributed by atoms with Crippen molar-refractivity contribution in [2.45, 2.75) is 6.92 Å². The number of carbonyl (C=O) groups is 1. The van der Waals surface area contributed by atoms with Crippen molar-refractivity contribution in [1.82, 2.24) is 9.80 Å². The first kappa shape index (κ1) is 10.7. The van der Waals surface area contributed by atoms with Gasteiger partial charge >= 0.3 is 6.03 Å². The van der Waals surface area contributed by atoms with Crippen LogP contribution in [0.3, 0.4) is 0 Å². The van der Waals surface area contributed by atoms with E-state index >= 15 is 0 Å². The second kappa shape index (κ2) is 4.74. The minimum Gasteiger partial charge on any atom is -0.331 e. The predicted molar refractivity (Wildman–Crippen MR) is 57.1 cm³/mol. The van der Waals surface area contributed by atoms with Crippen molar-refractivity contribution in [1.29, 1.82) is 0 Å². The summed E-state index contributed by atoms with van der Waals surface area (Å²) < 4.78 is 0. The number of nitrogens with zero attached hydrogens (tertiary/aromatic N) is 2. The van der Waals surface area contributed by atoms with Gasteiger partial charge in [-0.2, -0.15) is 11.8 Å². The van der Waals surface area contributed by atoms with Crippen LogP contribution in [-0.4, -0.2) is 54.5 Å². The molecule has 3 nitrogen and oxygen atoms in total. The van der Waals surface area contributed by atoms with Crippen molar-refractivity contribution >= 4 is 17.8 Å². The molecule has 0 N–H and O–H groups in total. The second-order valence-electron chi connectivity index (χ2n) is 3.80. The Morgan fingerprint density at radius 3 is 2.85 bits per heavy atom. The standard InChI is InChI=1S/C9H18N2OS/c1-8-6-11(4-5-13-7-8)9(12)10(2)3/h8H,4-7H2,1-3H3. The van der Waals surface area contributed by atoms with E-state index < -0.39 is 0 Å². The van der Waals surface area contributed by atoms with E-state index in [1.807, 2.05) is 30.8 Å². The monoisotopic (exact) mass is 202 g/mol.